The van der Waals surface area contributed by atoms with Crippen LogP contribution in [0.5, 0.6) is 5.75 Å². The molecular weight excluding hydrogens is 402 g/mol. The lowest BCUT2D eigenvalue weighted by Gasteiger charge is -2.35. The lowest BCUT2D eigenvalue weighted by atomic mass is 10.0. The van der Waals surface area contributed by atoms with Gasteiger partial charge in [-0.2, -0.15) is 0 Å². The zero-order valence-electron chi connectivity index (χ0n) is 17.6. The molecule has 0 spiro atoms. The fourth-order valence-electron chi connectivity index (χ4n) is 3.74. The molecule has 2 amide bonds. The highest BCUT2D eigenvalue weighted by Gasteiger charge is 2.25. The summed E-state index contributed by atoms with van der Waals surface area (Å²) in [6, 6.07) is 15.5. The number of halogens is 1. The third kappa shape index (κ3) is 6.36. The van der Waals surface area contributed by atoms with Crippen molar-refractivity contribution in [2.75, 3.05) is 40.0 Å². The maximum atomic E-state index is 12.5. The van der Waals surface area contributed by atoms with Crippen LogP contribution in [0.15, 0.2) is 48.5 Å². The molecule has 1 heterocycles. The molecule has 1 aliphatic heterocycles. The molecule has 1 fully saturated rings. The molecule has 162 valence electrons. The van der Waals surface area contributed by atoms with Crippen LogP contribution in [0.3, 0.4) is 0 Å². The van der Waals surface area contributed by atoms with E-state index < -0.39 is 0 Å². The first-order valence-electron chi connectivity index (χ1n) is 10.3. The number of amides is 2. The fraction of sp³-hybridized carbons (Fsp3) is 0.435. The van der Waals surface area contributed by atoms with Gasteiger partial charge in [0.25, 0.3) is 0 Å². The summed E-state index contributed by atoms with van der Waals surface area (Å²) in [6.45, 7) is 5.46. The van der Waals surface area contributed by atoms with Gasteiger partial charge in [0.2, 0.25) is 0 Å². The highest BCUT2D eigenvalue weighted by atomic mass is 35.5. The topological polar surface area (TPSA) is 62.8 Å². The summed E-state index contributed by atoms with van der Waals surface area (Å²) in [5.74, 6) is 0.817. The largest absolute Gasteiger partial charge is 0.497 e. The standard InChI is InChI=1S/C23H30ClN3O3/c1-17(14-18-6-5-7-19(15-18)29-2)26-23(28)25-16-22(27-10-12-30-13-11-27)20-8-3-4-9-21(20)24/h3-9,15,17,22H,10-14,16H2,1-2H3,(H2,25,26,28). The van der Waals surface area contributed by atoms with E-state index in [2.05, 4.69) is 15.5 Å². The van der Waals surface area contributed by atoms with E-state index in [1.54, 1.807) is 7.11 Å². The van der Waals surface area contributed by atoms with Crippen LogP contribution < -0.4 is 15.4 Å². The molecule has 1 aliphatic rings. The molecule has 7 heteroatoms. The van der Waals surface area contributed by atoms with Crippen molar-refractivity contribution in [3.05, 3.63) is 64.7 Å². The molecule has 2 N–H and O–H groups in total. The van der Waals surface area contributed by atoms with Gasteiger partial charge in [0.05, 0.1) is 26.4 Å². The molecule has 3 rings (SSSR count). The average Bonchev–Trinajstić information content (AvgIpc) is 2.76. The fourth-order valence-corrected chi connectivity index (χ4v) is 4.00. The third-order valence-corrected chi connectivity index (χ3v) is 5.60. The SMILES string of the molecule is COc1cccc(CC(C)NC(=O)NCC(c2ccccc2Cl)N2CCOCC2)c1. The van der Waals surface area contributed by atoms with Gasteiger partial charge in [-0.05, 0) is 42.7 Å². The van der Waals surface area contributed by atoms with Gasteiger partial charge in [-0.25, -0.2) is 4.79 Å². The van der Waals surface area contributed by atoms with E-state index in [4.69, 9.17) is 21.1 Å². The Balaban J connectivity index is 1.57. The second-order valence-corrected chi connectivity index (χ2v) is 7.90. The Labute approximate surface area is 183 Å². The predicted molar refractivity (Wildman–Crippen MR) is 119 cm³/mol. The van der Waals surface area contributed by atoms with Crippen LogP contribution in [-0.2, 0) is 11.2 Å². The van der Waals surface area contributed by atoms with Crippen molar-refractivity contribution in [1.29, 1.82) is 0 Å². The molecule has 0 saturated carbocycles. The second kappa shape index (κ2) is 11.2. The number of morpholine rings is 1. The lowest BCUT2D eigenvalue weighted by Crippen LogP contribution is -2.47. The molecule has 30 heavy (non-hydrogen) atoms. The third-order valence-electron chi connectivity index (χ3n) is 5.26. The Hall–Kier alpha value is -2.28. The first kappa shape index (κ1) is 22.4. The number of nitrogens with one attached hydrogen (secondary N) is 2. The molecule has 2 aromatic carbocycles. The highest BCUT2D eigenvalue weighted by Crippen LogP contribution is 2.27. The molecule has 0 bridgehead atoms. The summed E-state index contributed by atoms with van der Waals surface area (Å²) in [7, 11) is 1.65. The molecule has 6 nitrogen and oxygen atoms in total. The summed E-state index contributed by atoms with van der Waals surface area (Å²) in [4.78, 5) is 14.9. The van der Waals surface area contributed by atoms with Crippen LogP contribution in [0.4, 0.5) is 4.79 Å². The molecular formula is C23H30ClN3O3. The van der Waals surface area contributed by atoms with Gasteiger partial charge in [-0.15, -0.1) is 0 Å². The van der Waals surface area contributed by atoms with E-state index in [0.29, 0.717) is 24.8 Å². The van der Waals surface area contributed by atoms with Crippen LogP contribution in [0.25, 0.3) is 0 Å². The van der Waals surface area contributed by atoms with Crippen molar-refractivity contribution in [3.8, 4) is 5.75 Å². The number of nitrogens with zero attached hydrogens (tertiary/aromatic N) is 1. The smallest absolute Gasteiger partial charge is 0.315 e. The highest BCUT2D eigenvalue weighted by molar-refractivity contribution is 6.31. The number of carbonyl (C=O) groups is 1. The number of hydrogen-bond acceptors (Lipinski definition) is 4. The zero-order valence-corrected chi connectivity index (χ0v) is 18.3. The van der Waals surface area contributed by atoms with Crippen molar-refractivity contribution >= 4 is 17.6 Å². The van der Waals surface area contributed by atoms with Crippen LogP contribution in [0, 0.1) is 0 Å². The average molecular weight is 432 g/mol. The Morgan fingerprint density at radius 2 is 1.97 bits per heavy atom. The summed E-state index contributed by atoms with van der Waals surface area (Å²) in [5.41, 5.74) is 2.13. The zero-order chi connectivity index (χ0) is 21.3. The maximum Gasteiger partial charge on any atom is 0.315 e. The van der Waals surface area contributed by atoms with Crippen LogP contribution in [0.2, 0.25) is 5.02 Å². The number of ether oxygens (including phenoxy) is 2. The first-order valence-corrected chi connectivity index (χ1v) is 10.7. The number of methoxy groups -OCH3 is 1. The van der Waals surface area contributed by atoms with Crippen LogP contribution >= 0.6 is 11.6 Å². The number of rotatable bonds is 8. The monoisotopic (exact) mass is 431 g/mol. The van der Waals surface area contributed by atoms with Crippen molar-refractivity contribution in [2.24, 2.45) is 0 Å². The summed E-state index contributed by atoms with van der Waals surface area (Å²) in [5, 5.41) is 6.76. The van der Waals surface area contributed by atoms with E-state index in [-0.39, 0.29) is 18.1 Å². The minimum Gasteiger partial charge on any atom is -0.497 e. The first-order chi connectivity index (χ1) is 14.6. The number of carbonyl (C=O) groups excluding carboxylic acids is 1. The Morgan fingerprint density at radius 3 is 2.70 bits per heavy atom. The molecule has 1 saturated heterocycles. The Bertz CT molecular complexity index is 827. The quantitative estimate of drug-likeness (QED) is 0.669. The van der Waals surface area contributed by atoms with Gasteiger partial charge in [-0.3, -0.25) is 4.90 Å². The minimum absolute atomic E-state index is 0.00189. The van der Waals surface area contributed by atoms with E-state index in [1.807, 2.05) is 55.5 Å². The second-order valence-electron chi connectivity index (χ2n) is 7.50. The maximum absolute atomic E-state index is 12.5. The van der Waals surface area contributed by atoms with E-state index >= 15 is 0 Å². The number of hydrogen-bond donors (Lipinski definition) is 2. The molecule has 2 atom stereocenters. The minimum atomic E-state index is -0.185. The predicted octanol–water partition coefficient (Wildman–Crippen LogP) is 3.65. The van der Waals surface area contributed by atoms with Gasteiger partial charge < -0.3 is 20.1 Å². The van der Waals surface area contributed by atoms with Gasteiger partial charge in [-0.1, -0.05) is 41.9 Å². The van der Waals surface area contributed by atoms with Crippen molar-refractivity contribution < 1.29 is 14.3 Å². The van der Waals surface area contributed by atoms with Gasteiger partial charge >= 0.3 is 6.03 Å². The van der Waals surface area contributed by atoms with Gasteiger partial charge in [0.1, 0.15) is 5.75 Å². The molecule has 0 radical (unpaired) electrons. The lowest BCUT2D eigenvalue weighted by molar-refractivity contribution is 0.0167. The van der Waals surface area contributed by atoms with Crippen molar-refractivity contribution in [3.63, 3.8) is 0 Å². The van der Waals surface area contributed by atoms with Crippen molar-refractivity contribution in [1.82, 2.24) is 15.5 Å². The van der Waals surface area contributed by atoms with Gasteiger partial charge in [0, 0.05) is 30.7 Å². The summed E-state index contributed by atoms with van der Waals surface area (Å²) in [6.07, 6.45) is 0.724. The van der Waals surface area contributed by atoms with Crippen LogP contribution in [0.1, 0.15) is 24.1 Å². The molecule has 2 unspecified atom stereocenters. The molecule has 0 aromatic heterocycles. The van der Waals surface area contributed by atoms with Crippen LogP contribution in [-0.4, -0.2) is 56.9 Å². The van der Waals surface area contributed by atoms with Gasteiger partial charge in [0.15, 0.2) is 0 Å². The molecule has 0 aliphatic carbocycles. The molecule has 2 aromatic rings. The number of benzene rings is 2. The summed E-state index contributed by atoms with van der Waals surface area (Å²) < 4.78 is 10.8. The van der Waals surface area contributed by atoms with E-state index in [0.717, 1.165) is 36.4 Å². The van der Waals surface area contributed by atoms with Crippen molar-refractivity contribution in [2.45, 2.75) is 25.4 Å². The van der Waals surface area contributed by atoms with E-state index in [9.17, 15) is 4.79 Å². The van der Waals surface area contributed by atoms with E-state index in [1.165, 1.54) is 0 Å². The Morgan fingerprint density at radius 1 is 1.20 bits per heavy atom. The number of urea groups is 1. The summed E-state index contributed by atoms with van der Waals surface area (Å²) >= 11 is 6.46. The Kier molecular flexibility index (Phi) is 8.37. The normalized spacial score (nSPS) is 16.5.